The maximum absolute atomic E-state index is 12.8. The Bertz CT molecular complexity index is 774. The van der Waals surface area contributed by atoms with E-state index in [0.29, 0.717) is 44.7 Å². The molecule has 3 heterocycles. The van der Waals surface area contributed by atoms with Crippen molar-refractivity contribution in [3.05, 3.63) is 34.9 Å². The molecule has 1 aromatic rings. The summed E-state index contributed by atoms with van der Waals surface area (Å²) < 4.78 is 0. The number of amides is 3. The van der Waals surface area contributed by atoms with Crippen LogP contribution in [0, 0.1) is 0 Å². The number of benzene rings is 1. The van der Waals surface area contributed by atoms with Crippen molar-refractivity contribution in [2.75, 3.05) is 19.6 Å². The first-order valence-corrected chi connectivity index (χ1v) is 8.86. The molecular weight excluding hydrogens is 336 g/mol. The van der Waals surface area contributed by atoms with Gasteiger partial charge in [0.2, 0.25) is 11.8 Å². The lowest BCUT2D eigenvalue weighted by Gasteiger charge is -2.37. The van der Waals surface area contributed by atoms with Crippen LogP contribution in [-0.4, -0.2) is 59.0 Å². The summed E-state index contributed by atoms with van der Waals surface area (Å²) in [6.07, 6.45) is 0.607. The normalized spacial score (nSPS) is 24.3. The van der Waals surface area contributed by atoms with Gasteiger partial charge in [0.05, 0.1) is 0 Å². The maximum atomic E-state index is 12.8. The van der Waals surface area contributed by atoms with Gasteiger partial charge in [0.25, 0.3) is 5.91 Å². The van der Waals surface area contributed by atoms with Gasteiger partial charge in [-0.3, -0.25) is 19.7 Å². The van der Waals surface area contributed by atoms with Crippen LogP contribution in [0.2, 0.25) is 0 Å². The summed E-state index contributed by atoms with van der Waals surface area (Å²) in [6.45, 7) is 2.55. The number of carbonyl (C=O) groups excluding carboxylic acids is 3. The van der Waals surface area contributed by atoms with Crippen molar-refractivity contribution in [3.63, 3.8) is 0 Å². The van der Waals surface area contributed by atoms with E-state index in [1.165, 1.54) is 0 Å². The molecule has 3 amide bonds. The Morgan fingerprint density at radius 3 is 2.77 bits per heavy atom. The van der Waals surface area contributed by atoms with Crippen LogP contribution in [0.1, 0.15) is 34.3 Å². The summed E-state index contributed by atoms with van der Waals surface area (Å²) in [7, 11) is 0. The first-order valence-electron chi connectivity index (χ1n) is 8.86. The molecule has 1 unspecified atom stereocenters. The molecule has 0 radical (unpaired) electrons. The van der Waals surface area contributed by atoms with E-state index in [9.17, 15) is 19.5 Å². The van der Waals surface area contributed by atoms with Gasteiger partial charge in [-0.2, -0.15) is 0 Å². The summed E-state index contributed by atoms with van der Waals surface area (Å²) >= 11 is 0. The van der Waals surface area contributed by atoms with Gasteiger partial charge in [-0.25, -0.2) is 0 Å². The molecule has 26 heavy (non-hydrogen) atoms. The molecule has 8 heteroatoms. The number of nitrogens with zero attached hydrogens (tertiary/aromatic N) is 1. The summed E-state index contributed by atoms with van der Waals surface area (Å²) in [5.74, 6) is -0.858. The van der Waals surface area contributed by atoms with E-state index in [1.54, 1.807) is 11.0 Å². The zero-order valence-electron chi connectivity index (χ0n) is 14.4. The Morgan fingerprint density at radius 2 is 2.08 bits per heavy atom. The van der Waals surface area contributed by atoms with Crippen LogP contribution in [0.15, 0.2) is 18.2 Å². The van der Waals surface area contributed by atoms with E-state index < -0.39 is 17.6 Å². The molecule has 1 atom stereocenters. The molecule has 0 spiro atoms. The van der Waals surface area contributed by atoms with Crippen LogP contribution in [0.3, 0.4) is 0 Å². The Morgan fingerprint density at radius 1 is 1.27 bits per heavy atom. The van der Waals surface area contributed by atoms with Crippen molar-refractivity contribution < 1.29 is 19.5 Å². The zero-order chi connectivity index (χ0) is 18.3. The number of piperidine rings is 1. The number of fused-ring (bicyclic) bond motifs is 1. The summed E-state index contributed by atoms with van der Waals surface area (Å²) in [6, 6.07) is 4.96. The second-order valence-electron chi connectivity index (χ2n) is 7.27. The maximum Gasteiger partial charge on any atom is 0.255 e. The smallest absolute Gasteiger partial charge is 0.255 e. The van der Waals surface area contributed by atoms with Gasteiger partial charge in [-0.1, -0.05) is 12.1 Å². The Labute approximate surface area is 150 Å². The van der Waals surface area contributed by atoms with E-state index in [0.717, 1.165) is 11.1 Å². The van der Waals surface area contributed by atoms with Crippen molar-refractivity contribution >= 4 is 17.7 Å². The van der Waals surface area contributed by atoms with Crippen LogP contribution in [-0.2, 0) is 22.7 Å². The predicted molar refractivity (Wildman–Crippen MR) is 92.0 cm³/mol. The second-order valence-corrected chi connectivity index (χ2v) is 7.27. The quantitative estimate of drug-likeness (QED) is 0.496. The van der Waals surface area contributed by atoms with Gasteiger partial charge in [-0.05, 0) is 23.6 Å². The fraction of sp³-hybridized carbons (Fsp3) is 0.500. The second kappa shape index (κ2) is 6.46. The highest BCUT2D eigenvalue weighted by atomic mass is 16.3. The van der Waals surface area contributed by atoms with Crippen LogP contribution in [0.25, 0.3) is 0 Å². The molecule has 3 aliphatic rings. The van der Waals surface area contributed by atoms with Crippen molar-refractivity contribution in [2.24, 2.45) is 0 Å². The topological polar surface area (TPSA) is 111 Å². The molecule has 2 saturated heterocycles. The number of aliphatic hydroxyl groups is 1. The molecule has 138 valence electrons. The van der Waals surface area contributed by atoms with E-state index in [-0.39, 0.29) is 18.2 Å². The Hall–Kier alpha value is -2.29. The van der Waals surface area contributed by atoms with Gasteiger partial charge < -0.3 is 20.6 Å². The van der Waals surface area contributed by atoms with Crippen LogP contribution >= 0.6 is 0 Å². The number of imide groups is 1. The summed E-state index contributed by atoms with van der Waals surface area (Å²) in [5, 5.41) is 18.7. The average molecular weight is 358 g/mol. The van der Waals surface area contributed by atoms with Gasteiger partial charge in [0, 0.05) is 44.7 Å². The molecule has 4 N–H and O–H groups in total. The molecule has 8 nitrogen and oxygen atoms in total. The van der Waals surface area contributed by atoms with Crippen molar-refractivity contribution in [1.82, 2.24) is 20.9 Å². The Balaban J connectivity index is 1.47. The minimum Gasteiger partial charge on any atom is -0.386 e. The Kier molecular flexibility index (Phi) is 4.26. The van der Waals surface area contributed by atoms with Crippen LogP contribution in [0.5, 0.6) is 0 Å². The number of rotatable bonds is 5. The number of β-amino-alcohol motifs (C(OH)–C–C–N with tert-alkyl or cyclic N) is 1. The third-order valence-corrected chi connectivity index (χ3v) is 5.36. The lowest BCUT2D eigenvalue weighted by molar-refractivity contribution is -0.136. The van der Waals surface area contributed by atoms with E-state index in [4.69, 9.17) is 0 Å². The predicted octanol–water partition coefficient (Wildman–Crippen LogP) is -1.13. The van der Waals surface area contributed by atoms with Gasteiger partial charge >= 0.3 is 0 Å². The highest BCUT2D eigenvalue weighted by molar-refractivity contribution is 6.05. The van der Waals surface area contributed by atoms with Crippen LogP contribution < -0.4 is 16.0 Å². The fourth-order valence-corrected chi connectivity index (χ4v) is 3.78. The van der Waals surface area contributed by atoms with Crippen LogP contribution in [0.4, 0.5) is 0 Å². The standard InChI is InChI=1S/C18H22N4O4/c23-15-5-4-14(16(24)21-15)22-7-13-11(2-1-3-12(13)17(22)25)6-19-8-18(26)9-20-10-18/h1-3,14,19-20,26H,4-10H2,(H,21,23,24). The minimum absolute atomic E-state index is 0.168. The van der Waals surface area contributed by atoms with Crippen molar-refractivity contribution in [3.8, 4) is 0 Å². The molecular formula is C18H22N4O4. The lowest BCUT2D eigenvalue weighted by Crippen LogP contribution is -2.64. The molecule has 2 fully saturated rings. The molecule has 0 bridgehead atoms. The summed E-state index contributed by atoms with van der Waals surface area (Å²) in [5.41, 5.74) is 1.81. The molecule has 0 aromatic heterocycles. The summed E-state index contributed by atoms with van der Waals surface area (Å²) in [4.78, 5) is 37.8. The first kappa shape index (κ1) is 17.1. The van der Waals surface area contributed by atoms with Crippen molar-refractivity contribution in [1.29, 1.82) is 0 Å². The third kappa shape index (κ3) is 3.00. The largest absolute Gasteiger partial charge is 0.386 e. The zero-order valence-corrected chi connectivity index (χ0v) is 14.4. The third-order valence-electron chi connectivity index (χ3n) is 5.36. The van der Waals surface area contributed by atoms with E-state index in [1.807, 2.05) is 12.1 Å². The molecule has 1 aromatic carbocycles. The highest BCUT2D eigenvalue weighted by Gasteiger charge is 2.40. The molecule has 0 aliphatic carbocycles. The molecule has 4 rings (SSSR count). The average Bonchev–Trinajstić information content (AvgIpc) is 2.91. The van der Waals surface area contributed by atoms with E-state index >= 15 is 0 Å². The molecule has 3 aliphatic heterocycles. The monoisotopic (exact) mass is 358 g/mol. The van der Waals surface area contributed by atoms with Gasteiger partial charge in [0.1, 0.15) is 11.6 Å². The SMILES string of the molecule is O=C1CCC(N2Cc3c(CNCC4(O)CNC4)cccc3C2=O)C(=O)N1. The number of carbonyl (C=O) groups is 3. The highest BCUT2D eigenvalue weighted by Crippen LogP contribution is 2.29. The fourth-order valence-electron chi connectivity index (χ4n) is 3.78. The van der Waals surface area contributed by atoms with E-state index in [2.05, 4.69) is 16.0 Å². The first-order chi connectivity index (χ1) is 12.5. The minimum atomic E-state index is -0.702. The number of nitrogens with one attached hydrogen (secondary N) is 3. The number of hydrogen-bond acceptors (Lipinski definition) is 6. The lowest BCUT2D eigenvalue weighted by atomic mass is 9.97. The van der Waals surface area contributed by atoms with Gasteiger partial charge in [-0.15, -0.1) is 0 Å². The van der Waals surface area contributed by atoms with Gasteiger partial charge in [0.15, 0.2) is 0 Å². The number of hydrogen-bond donors (Lipinski definition) is 4. The molecule has 0 saturated carbocycles. The van der Waals surface area contributed by atoms with Crippen molar-refractivity contribution in [2.45, 2.75) is 37.6 Å².